The predicted molar refractivity (Wildman–Crippen MR) is 107 cm³/mol. The van der Waals surface area contributed by atoms with Crippen molar-refractivity contribution in [1.29, 1.82) is 0 Å². The van der Waals surface area contributed by atoms with Gasteiger partial charge in [-0.2, -0.15) is 0 Å². The lowest BCUT2D eigenvalue weighted by molar-refractivity contribution is -0.148. The number of fused-ring (bicyclic) bond motifs is 1. The van der Waals surface area contributed by atoms with Crippen LogP contribution in [0.25, 0.3) is 0 Å². The molecule has 0 bridgehead atoms. The first-order valence-electron chi connectivity index (χ1n) is 9.57. The number of imide groups is 1. The smallest absolute Gasteiger partial charge is 0.326 e. The van der Waals surface area contributed by atoms with Crippen molar-refractivity contribution in [2.45, 2.75) is 32.2 Å². The van der Waals surface area contributed by atoms with Gasteiger partial charge in [-0.15, -0.1) is 0 Å². The third-order valence-corrected chi connectivity index (χ3v) is 5.11. The molecule has 0 atom stereocenters. The number of hydrogen-bond acceptors (Lipinski definition) is 6. The number of anilines is 2. The highest BCUT2D eigenvalue weighted by Gasteiger charge is 2.43. The fourth-order valence-corrected chi connectivity index (χ4v) is 3.45. The second-order valence-corrected chi connectivity index (χ2v) is 7.71. The van der Waals surface area contributed by atoms with Gasteiger partial charge < -0.3 is 15.0 Å². The van der Waals surface area contributed by atoms with Gasteiger partial charge in [0, 0.05) is 20.0 Å². The van der Waals surface area contributed by atoms with Crippen LogP contribution in [0, 0.1) is 0 Å². The normalized spacial score (nSPS) is 17.7. The van der Waals surface area contributed by atoms with Crippen molar-refractivity contribution in [3.63, 3.8) is 0 Å². The van der Waals surface area contributed by atoms with E-state index in [2.05, 4.69) is 5.32 Å². The summed E-state index contributed by atoms with van der Waals surface area (Å²) in [6, 6.07) is 6.49. The van der Waals surface area contributed by atoms with Gasteiger partial charge in [-0.05, 0) is 32.4 Å². The summed E-state index contributed by atoms with van der Waals surface area (Å²) >= 11 is 0. The summed E-state index contributed by atoms with van der Waals surface area (Å²) in [6.07, 6.45) is 0.188. The van der Waals surface area contributed by atoms with E-state index in [0.717, 1.165) is 4.90 Å². The Hall–Kier alpha value is -3.43. The van der Waals surface area contributed by atoms with Crippen LogP contribution in [0.1, 0.15) is 26.7 Å². The van der Waals surface area contributed by atoms with Gasteiger partial charge in [0.15, 0.2) is 6.61 Å². The molecule has 0 saturated carbocycles. The molecule has 2 aliphatic rings. The summed E-state index contributed by atoms with van der Waals surface area (Å²) < 4.78 is 5.08. The van der Waals surface area contributed by atoms with Gasteiger partial charge >= 0.3 is 12.0 Å². The number of nitrogens with one attached hydrogen (secondary N) is 1. The Morgan fingerprint density at radius 2 is 1.87 bits per heavy atom. The minimum Gasteiger partial charge on any atom is -0.456 e. The molecule has 1 saturated heterocycles. The molecule has 0 aliphatic carbocycles. The first-order chi connectivity index (χ1) is 14.1. The Morgan fingerprint density at radius 1 is 1.17 bits per heavy atom. The van der Waals surface area contributed by atoms with Crippen LogP contribution in [-0.2, 0) is 23.9 Å². The van der Waals surface area contributed by atoms with Crippen molar-refractivity contribution >= 4 is 41.1 Å². The summed E-state index contributed by atoms with van der Waals surface area (Å²) in [5.74, 6) is -1.80. The lowest BCUT2D eigenvalue weighted by Crippen LogP contribution is -2.59. The highest BCUT2D eigenvalue weighted by atomic mass is 16.5. The van der Waals surface area contributed by atoms with Gasteiger partial charge in [-0.25, -0.2) is 4.79 Å². The van der Waals surface area contributed by atoms with E-state index in [1.807, 2.05) is 0 Å². The number of rotatable bonds is 6. The van der Waals surface area contributed by atoms with Crippen LogP contribution < -0.4 is 10.2 Å². The topological polar surface area (TPSA) is 116 Å². The molecular formula is C20H24N4O6. The van der Waals surface area contributed by atoms with Gasteiger partial charge in [0.05, 0.1) is 11.4 Å². The Balaban J connectivity index is 1.55. The third kappa shape index (κ3) is 3.98. The van der Waals surface area contributed by atoms with Gasteiger partial charge in [0.1, 0.15) is 12.1 Å². The van der Waals surface area contributed by atoms with E-state index in [9.17, 15) is 24.0 Å². The first kappa shape index (κ1) is 21.3. The van der Waals surface area contributed by atoms with E-state index in [-0.39, 0.29) is 37.7 Å². The van der Waals surface area contributed by atoms with Crippen molar-refractivity contribution in [1.82, 2.24) is 9.80 Å². The van der Waals surface area contributed by atoms with E-state index in [0.29, 0.717) is 11.4 Å². The summed E-state index contributed by atoms with van der Waals surface area (Å²) in [7, 11) is 1.53. The van der Waals surface area contributed by atoms with Gasteiger partial charge in [-0.3, -0.25) is 29.0 Å². The zero-order chi connectivity index (χ0) is 22.1. The minimum absolute atomic E-state index is 0.0262. The lowest BCUT2D eigenvalue weighted by atomic mass is 9.96. The monoisotopic (exact) mass is 416 g/mol. The minimum atomic E-state index is -1.15. The summed E-state index contributed by atoms with van der Waals surface area (Å²) in [5, 5.41) is 2.76. The Morgan fingerprint density at radius 3 is 2.53 bits per heavy atom. The molecule has 160 valence electrons. The SMILES string of the molecule is CN1CC(=O)N(CCCC(=O)OCC(=O)N2c3ccccc3NC(=O)C2(C)C)C1=O. The van der Waals surface area contributed by atoms with Crippen molar-refractivity contribution in [3.8, 4) is 0 Å². The first-order valence-corrected chi connectivity index (χ1v) is 9.57. The number of hydrogen-bond donors (Lipinski definition) is 1. The molecule has 0 radical (unpaired) electrons. The maximum Gasteiger partial charge on any atom is 0.326 e. The Bertz CT molecular complexity index is 912. The number of benzene rings is 1. The Labute approximate surface area is 173 Å². The summed E-state index contributed by atoms with van der Waals surface area (Å²) in [5.41, 5.74) is -0.120. The van der Waals surface area contributed by atoms with Crippen LogP contribution in [0.4, 0.5) is 16.2 Å². The Kier molecular flexibility index (Phi) is 5.77. The van der Waals surface area contributed by atoms with Crippen molar-refractivity contribution in [2.75, 3.05) is 37.0 Å². The number of esters is 1. The van der Waals surface area contributed by atoms with E-state index in [1.165, 1.54) is 16.8 Å². The molecule has 1 N–H and O–H groups in total. The highest BCUT2D eigenvalue weighted by molar-refractivity contribution is 6.14. The van der Waals surface area contributed by atoms with Crippen LogP contribution in [0.2, 0.25) is 0 Å². The fourth-order valence-electron chi connectivity index (χ4n) is 3.45. The van der Waals surface area contributed by atoms with Gasteiger partial charge in [0.2, 0.25) is 11.8 Å². The molecule has 30 heavy (non-hydrogen) atoms. The summed E-state index contributed by atoms with van der Waals surface area (Å²) in [4.78, 5) is 64.5. The zero-order valence-corrected chi connectivity index (χ0v) is 17.1. The van der Waals surface area contributed by atoms with Crippen molar-refractivity contribution in [3.05, 3.63) is 24.3 Å². The number of likely N-dealkylation sites (N-methyl/N-ethyl adjacent to an activating group) is 1. The highest BCUT2D eigenvalue weighted by Crippen LogP contribution is 2.36. The van der Waals surface area contributed by atoms with Gasteiger partial charge in [0.25, 0.3) is 5.91 Å². The fraction of sp³-hybridized carbons (Fsp3) is 0.450. The van der Waals surface area contributed by atoms with E-state index in [1.54, 1.807) is 38.1 Å². The number of ether oxygens (including phenoxy) is 1. The molecule has 1 fully saturated rings. The molecule has 0 aromatic heterocycles. The molecule has 1 aromatic carbocycles. The van der Waals surface area contributed by atoms with Crippen molar-refractivity contribution < 1.29 is 28.7 Å². The number of para-hydroxylation sites is 2. The zero-order valence-electron chi connectivity index (χ0n) is 17.1. The molecule has 10 nitrogen and oxygen atoms in total. The molecule has 0 unspecified atom stereocenters. The maximum atomic E-state index is 12.8. The van der Waals surface area contributed by atoms with Crippen LogP contribution in [0.15, 0.2) is 24.3 Å². The molecule has 2 aliphatic heterocycles. The number of amides is 5. The van der Waals surface area contributed by atoms with E-state index >= 15 is 0 Å². The quantitative estimate of drug-likeness (QED) is 0.546. The molecule has 0 spiro atoms. The van der Waals surface area contributed by atoms with Crippen LogP contribution in [-0.4, -0.2) is 71.8 Å². The van der Waals surface area contributed by atoms with Crippen LogP contribution in [0.3, 0.4) is 0 Å². The van der Waals surface area contributed by atoms with E-state index < -0.39 is 30.1 Å². The standard InChI is InChI=1S/C20H24N4O6/c1-20(2)18(28)21-13-7-4-5-8-14(13)24(20)16(26)12-30-17(27)9-6-10-23-15(25)11-22(3)19(23)29/h4-5,7-8H,6,9-12H2,1-3H3,(H,21,28). The van der Waals surface area contributed by atoms with Crippen molar-refractivity contribution in [2.24, 2.45) is 0 Å². The number of carbonyl (C=O) groups is 5. The second-order valence-electron chi connectivity index (χ2n) is 7.71. The van der Waals surface area contributed by atoms with Gasteiger partial charge in [-0.1, -0.05) is 12.1 Å². The lowest BCUT2D eigenvalue weighted by Gasteiger charge is -2.41. The molecule has 3 rings (SSSR count). The predicted octanol–water partition coefficient (Wildman–Crippen LogP) is 0.968. The molecule has 10 heteroatoms. The average molecular weight is 416 g/mol. The number of carbonyl (C=O) groups excluding carboxylic acids is 5. The summed E-state index contributed by atoms with van der Waals surface area (Å²) in [6.45, 7) is 2.84. The number of nitrogens with zero attached hydrogens (tertiary/aromatic N) is 3. The average Bonchev–Trinajstić information content (AvgIpc) is 2.93. The molecule has 1 aromatic rings. The van der Waals surface area contributed by atoms with E-state index in [4.69, 9.17) is 4.74 Å². The molecule has 5 amide bonds. The third-order valence-electron chi connectivity index (χ3n) is 5.11. The second kappa shape index (κ2) is 8.13. The molecule has 2 heterocycles. The number of urea groups is 1. The molecular weight excluding hydrogens is 392 g/mol. The van der Waals surface area contributed by atoms with Crippen LogP contribution in [0.5, 0.6) is 0 Å². The maximum absolute atomic E-state index is 12.8. The van der Waals surface area contributed by atoms with Crippen LogP contribution >= 0.6 is 0 Å². The largest absolute Gasteiger partial charge is 0.456 e.